The predicted octanol–water partition coefficient (Wildman–Crippen LogP) is 4.74. The lowest BCUT2D eigenvalue weighted by molar-refractivity contribution is -0.135. The Balaban J connectivity index is 1.62. The van der Waals surface area contributed by atoms with Crippen LogP contribution in [0.2, 0.25) is 0 Å². The lowest BCUT2D eigenvalue weighted by Gasteiger charge is -2.17. The molecule has 0 bridgehead atoms. The number of anilines is 1. The maximum atomic E-state index is 12.4. The smallest absolute Gasteiger partial charge is 0.275 e. The molecule has 0 aliphatic carbocycles. The van der Waals surface area contributed by atoms with Gasteiger partial charge in [-0.05, 0) is 54.3 Å². The number of methoxy groups -OCH3 is 1. The quantitative estimate of drug-likeness (QED) is 0.444. The van der Waals surface area contributed by atoms with Crippen LogP contribution in [0, 0.1) is 0 Å². The predicted molar refractivity (Wildman–Crippen MR) is 122 cm³/mol. The average molecular weight is 449 g/mol. The molecule has 1 aromatic carbocycles. The van der Waals surface area contributed by atoms with Crippen LogP contribution in [0.25, 0.3) is 31.4 Å². The van der Waals surface area contributed by atoms with Crippen LogP contribution in [0.15, 0.2) is 59.5 Å². The fourth-order valence-electron chi connectivity index (χ4n) is 3.22. The van der Waals surface area contributed by atoms with Crippen molar-refractivity contribution in [2.75, 3.05) is 12.5 Å². The largest absolute Gasteiger partial charge is 0.497 e. The van der Waals surface area contributed by atoms with Gasteiger partial charge in [0.05, 0.1) is 17.4 Å². The van der Waals surface area contributed by atoms with Gasteiger partial charge in [-0.3, -0.25) is 15.0 Å². The van der Waals surface area contributed by atoms with Gasteiger partial charge in [-0.25, -0.2) is 9.97 Å². The van der Waals surface area contributed by atoms with Crippen LogP contribution in [0.1, 0.15) is 6.92 Å². The lowest BCUT2D eigenvalue weighted by atomic mass is 10.1. The molecular formula is C22H16N4O3S2. The van der Waals surface area contributed by atoms with E-state index in [0.29, 0.717) is 17.2 Å². The number of hydrazine groups is 1. The van der Waals surface area contributed by atoms with E-state index in [1.54, 1.807) is 14.0 Å². The molecule has 4 heterocycles. The van der Waals surface area contributed by atoms with Crippen molar-refractivity contribution in [3.05, 3.63) is 59.5 Å². The first kappa shape index (κ1) is 19.4. The van der Waals surface area contributed by atoms with Crippen molar-refractivity contribution in [1.29, 1.82) is 0 Å². The lowest BCUT2D eigenvalue weighted by Crippen LogP contribution is -2.36. The molecule has 0 saturated carbocycles. The zero-order valence-electron chi connectivity index (χ0n) is 16.6. The molecule has 154 valence electrons. The summed E-state index contributed by atoms with van der Waals surface area (Å²) in [6.45, 7) is 1.61. The SMILES string of the molecule is COc1ccc(-c2cc3c(NN4C(=O)C=C(C)C4=O)nc(-c4cccs4)nc3s2)cc1. The number of imide groups is 1. The number of carbonyl (C=O) groups excluding carboxylic acids is 2. The molecule has 0 unspecified atom stereocenters. The van der Waals surface area contributed by atoms with E-state index in [1.165, 1.54) is 28.7 Å². The van der Waals surface area contributed by atoms with E-state index < -0.39 is 5.91 Å². The van der Waals surface area contributed by atoms with Gasteiger partial charge < -0.3 is 4.74 Å². The number of hydrogen-bond donors (Lipinski definition) is 1. The number of thiophene rings is 2. The second-order valence-corrected chi connectivity index (χ2v) is 8.83. The third kappa shape index (κ3) is 3.47. The maximum absolute atomic E-state index is 12.4. The zero-order chi connectivity index (χ0) is 21.5. The van der Waals surface area contributed by atoms with Crippen LogP contribution in [0.5, 0.6) is 5.75 Å². The molecule has 31 heavy (non-hydrogen) atoms. The summed E-state index contributed by atoms with van der Waals surface area (Å²) in [5.41, 5.74) is 4.31. The van der Waals surface area contributed by atoms with Gasteiger partial charge in [-0.1, -0.05) is 6.07 Å². The Hall–Kier alpha value is -3.56. The molecule has 1 N–H and O–H groups in total. The Labute approximate surface area is 185 Å². The van der Waals surface area contributed by atoms with E-state index in [0.717, 1.165) is 36.3 Å². The molecular weight excluding hydrogens is 432 g/mol. The monoisotopic (exact) mass is 448 g/mol. The number of aromatic nitrogens is 2. The number of rotatable bonds is 5. The topological polar surface area (TPSA) is 84.4 Å². The fraction of sp³-hybridized carbons (Fsp3) is 0.0909. The molecule has 2 amide bonds. The Morgan fingerprint density at radius 2 is 1.87 bits per heavy atom. The van der Waals surface area contributed by atoms with E-state index >= 15 is 0 Å². The first-order valence-corrected chi connectivity index (χ1v) is 11.1. The van der Waals surface area contributed by atoms with Crippen molar-refractivity contribution in [3.8, 4) is 26.9 Å². The van der Waals surface area contributed by atoms with Gasteiger partial charge in [0.2, 0.25) is 0 Å². The Morgan fingerprint density at radius 1 is 1.06 bits per heavy atom. The molecule has 4 aromatic rings. The highest BCUT2D eigenvalue weighted by Crippen LogP contribution is 2.38. The molecule has 1 aliphatic heterocycles. The van der Waals surface area contributed by atoms with Crippen molar-refractivity contribution >= 4 is 50.5 Å². The van der Waals surface area contributed by atoms with Gasteiger partial charge in [-0.15, -0.1) is 22.7 Å². The van der Waals surface area contributed by atoms with Crippen LogP contribution < -0.4 is 10.2 Å². The highest BCUT2D eigenvalue weighted by Gasteiger charge is 2.30. The molecule has 0 radical (unpaired) electrons. The van der Waals surface area contributed by atoms with Crippen molar-refractivity contribution in [1.82, 2.24) is 15.0 Å². The van der Waals surface area contributed by atoms with Gasteiger partial charge in [-0.2, -0.15) is 5.01 Å². The third-order valence-electron chi connectivity index (χ3n) is 4.83. The van der Waals surface area contributed by atoms with Gasteiger partial charge in [0.25, 0.3) is 11.8 Å². The van der Waals surface area contributed by atoms with Crippen LogP contribution in [-0.2, 0) is 9.59 Å². The van der Waals surface area contributed by atoms with Crippen LogP contribution in [0.3, 0.4) is 0 Å². The minimum Gasteiger partial charge on any atom is -0.497 e. The van der Waals surface area contributed by atoms with E-state index in [9.17, 15) is 9.59 Å². The minimum atomic E-state index is -0.419. The van der Waals surface area contributed by atoms with Crippen LogP contribution >= 0.6 is 22.7 Å². The highest BCUT2D eigenvalue weighted by molar-refractivity contribution is 7.22. The molecule has 0 spiro atoms. The molecule has 9 heteroatoms. The molecule has 0 atom stereocenters. The number of nitrogens with zero attached hydrogens (tertiary/aromatic N) is 3. The van der Waals surface area contributed by atoms with Gasteiger partial charge in [0, 0.05) is 16.5 Å². The highest BCUT2D eigenvalue weighted by atomic mass is 32.1. The summed E-state index contributed by atoms with van der Waals surface area (Å²) in [6, 6.07) is 13.6. The van der Waals surface area contributed by atoms with Crippen LogP contribution in [-0.4, -0.2) is 33.9 Å². The number of benzene rings is 1. The molecule has 3 aromatic heterocycles. The minimum absolute atomic E-state index is 0.380. The number of fused-ring (bicyclic) bond motifs is 1. The third-order valence-corrected chi connectivity index (χ3v) is 6.77. The number of carbonyl (C=O) groups is 2. The van der Waals surface area contributed by atoms with Crippen molar-refractivity contribution in [2.24, 2.45) is 0 Å². The summed E-state index contributed by atoms with van der Waals surface area (Å²) < 4.78 is 5.24. The van der Waals surface area contributed by atoms with E-state index in [1.807, 2.05) is 47.8 Å². The standard InChI is InChI=1S/C22H16N4O3S2/c1-12-10-18(27)26(22(12)28)25-19-15-11-17(13-5-7-14(29-2)8-6-13)31-21(15)24-20(23-19)16-4-3-9-30-16/h3-11H,1-2H3,(H,23,24,25). The second kappa shape index (κ2) is 7.60. The van der Waals surface area contributed by atoms with Gasteiger partial charge in [0.1, 0.15) is 10.6 Å². The first-order valence-electron chi connectivity index (χ1n) is 9.37. The summed E-state index contributed by atoms with van der Waals surface area (Å²) in [5.74, 6) is 0.921. The van der Waals surface area contributed by atoms with Crippen molar-refractivity contribution in [2.45, 2.75) is 6.92 Å². The van der Waals surface area contributed by atoms with Crippen LogP contribution in [0.4, 0.5) is 5.82 Å². The Morgan fingerprint density at radius 3 is 2.52 bits per heavy atom. The van der Waals surface area contributed by atoms with Crippen molar-refractivity contribution in [3.63, 3.8) is 0 Å². The molecule has 1 aliphatic rings. The number of amides is 2. The Kier molecular flexibility index (Phi) is 4.76. The number of hydrogen-bond acceptors (Lipinski definition) is 8. The average Bonchev–Trinajstić information content (AvgIpc) is 3.50. The summed E-state index contributed by atoms with van der Waals surface area (Å²) in [5, 5.41) is 3.68. The van der Waals surface area contributed by atoms with Gasteiger partial charge in [0.15, 0.2) is 11.6 Å². The van der Waals surface area contributed by atoms with E-state index in [-0.39, 0.29) is 5.91 Å². The number of nitrogens with one attached hydrogen (secondary N) is 1. The van der Waals surface area contributed by atoms with Gasteiger partial charge >= 0.3 is 0 Å². The molecule has 0 saturated heterocycles. The van der Waals surface area contributed by atoms with E-state index in [4.69, 9.17) is 9.72 Å². The normalized spacial score (nSPS) is 13.7. The fourth-order valence-corrected chi connectivity index (χ4v) is 4.91. The van der Waals surface area contributed by atoms with Crippen molar-refractivity contribution < 1.29 is 14.3 Å². The summed E-state index contributed by atoms with van der Waals surface area (Å²) in [4.78, 5) is 36.7. The maximum Gasteiger partial charge on any atom is 0.275 e. The number of ether oxygens (including phenoxy) is 1. The summed E-state index contributed by atoms with van der Waals surface area (Å²) in [7, 11) is 1.63. The second-order valence-electron chi connectivity index (χ2n) is 6.85. The van der Waals surface area contributed by atoms with E-state index in [2.05, 4.69) is 10.4 Å². The molecule has 5 rings (SSSR count). The first-order chi connectivity index (χ1) is 15.0. The Bertz CT molecular complexity index is 1340. The molecule has 7 nitrogen and oxygen atoms in total. The molecule has 0 fully saturated rings. The summed E-state index contributed by atoms with van der Waals surface area (Å²) >= 11 is 3.05. The summed E-state index contributed by atoms with van der Waals surface area (Å²) in [6.07, 6.45) is 1.31. The zero-order valence-corrected chi connectivity index (χ0v) is 18.2.